The zero-order valence-electron chi connectivity index (χ0n) is 17.5. The van der Waals surface area contributed by atoms with E-state index in [0.29, 0.717) is 45.1 Å². The molecular weight excluding hydrogens is 363 g/mol. The molecule has 0 amide bonds. The Morgan fingerprint density at radius 3 is 1.90 bits per heavy atom. The maximum atomic E-state index is 5.71. The van der Waals surface area contributed by atoms with E-state index >= 15 is 0 Å². The Bertz CT molecular complexity index is 1050. The standard InChI is InChI=1S/C23H21O5.Li/c1-24-17-13-16(12-11-15-9-7-6-8-10-15)22(27-4)21-20(17)18(25-2)14-19(26-3)23(21)28-5;/h6-10,14H,1-5H3;/q-1;+1. The summed E-state index contributed by atoms with van der Waals surface area (Å²) in [6, 6.07) is 14.6. The number of rotatable bonds is 5. The van der Waals surface area contributed by atoms with Gasteiger partial charge in [-0.1, -0.05) is 29.8 Å². The fraction of sp³-hybridized carbons (Fsp3) is 0.217. The first-order chi connectivity index (χ1) is 13.7. The number of fused-ring (bicyclic) bond motifs is 1. The van der Waals surface area contributed by atoms with Crippen LogP contribution in [0.1, 0.15) is 11.1 Å². The first kappa shape index (κ1) is 22.4. The van der Waals surface area contributed by atoms with Crippen LogP contribution in [0.25, 0.3) is 10.8 Å². The van der Waals surface area contributed by atoms with Gasteiger partial charge in [0.15, 0.2) is 11.5 Å². The quantitative estimate of drug-likeness (QED) is 0.374. The molecule has 0 aliphatic heterocycles. The van der Waals surface area contributed by atoms with Crippen LogP contribution >= 0.6 is 0 Å². The molecule has 0 spiro atoms. The van der Waals surface area contributed by atoms with E-state index in [9.17, 15) is 0 Å². The molecule has 0 aliphatic rings. The topological polar surface area (TPSA) is 46.2 Å². The minimum Gasteiger partial charge on any atom is -0.539 e. The van der Waals surface area contributed by atoms with Gasteiger partial charge in [-0.05, 0) is 22.9 Å². The smallest absolute Gasteiger partial charge is 0.539 e. The van der Waals surface area contributed by atoms with Gasteiger partial charge >= 0.3 is 18.9 Å². The summed E-state index contributed by atoms with van der Waals surface area (Å²) < 4.78 is 28.0. The van der Waals surface area contributed by atoms with Crippen LogP contribution in [0.5, 0.6) is 28.7 Å². The maximum Gasteiger partial charge on any atom is 1.00 e. The molecule has 0 fully saturated rings. The monoisotopic (exact) mass is 384 g/mol. The van der Waals surface area contributed by atoms with Gasteiger partial charge in [0.25, 0.3) is 0 Å². The number of ether oxygens (including phenoxy) is 5. The van der Waals surface area contributed by atoms with Gasteiger partial charge in [0, 0.05) is 17.4 Å². The molecule has 29 heavy (non-hydrogen) atoms. The van der Waals surface area contributed by atoms with Crippen molar-refractivity contribution in [2.24, 2.45) is 0 Å². The second-order valence-corrected chi connectivity index (χ2v) is 5.75. The number of hydrogen-bond acceptors (Lipinski definition) is 5. The van der Waals surface area contributed by atoms with Crippen LogP contribution in [-0.2, 0) is 0 Å². The molecule has 0 saturated carbocycles. The summed E-state index contributed by atoms with van der Waals surface area (Å²) in [6.45, 7) is 0. The molecule has 0 saturated heterocycles. The van der Waals surface area contributed by atoms with Gasteiger partial charge < -0.3 is 23.7 Å². The minimum absolute atomic E-state index is 0. The van der Waals surface area contributed by atoms with Gasteiger partial charge in [0.2, 0.25) is 0 Å². The van der Waals surface area contributed by atoms with E-state index in [0.717, 1.165) is 5.56 Å². The van der Waals surface area contributed by atoms with Gasteiger partial charge in [-0.25, -0.2) is 0 Å². The van der Waals surface area contributed by atoms with Crippen LogP contribution in [0, 0.1) is 17.9 Å². The van der Waals surface area contributed by atoms with E-state index < -0.39 is 0 Å². The molecular formula is C23H21LiO5. The summed E-state index contributed by atoms with van der Waals surface area (Å²) in [5.41, 5.74) is 1.43. The second kappa shape index (κ2) is 10.0. The van der Waals surface area contributed by atoms with E-state index in [1.165, 1.54) is 0 Å². The zero-order chi connectivity index (χ0) is 20.1. The predicted molar refractivity (Wildman–Crippen MR) is 108 cm³/mol. The van der Waals surface area contributed by atoms with E-state index in [2.05, 4.69) is 17.9 Å². The Labute approximate surface area is 183 Å². The third-order valence-corrected chi connectivity index (χ3v) is 4.29. The fourth-order valence-electron chi connectivity index (χ4n) is 3.03. The van der Waals surface area contributed by atoms with E-state index in [1.807, 2.05) is 30.3 Å². The van der Waals surface area contributed by atoms with E-state index in [-0.39, 0.29) is 18.9 Å². The van der Waals surface area contributed by atoms with Gasteiger partial charge in [0.1, 0.15) is 0 Å². The van der Waals surface area contributed by atoms with E-state index in [4.69, 9.17) is 23.7 Å². The van der Waals surface area contributed by atoms with Crippen molar-refractivity contribution in [2.75, 3.05) is 35.5 Å². The fourth-order valence-corrected chi connectivity index (χ4v) is 3.03. The average molecular weight is 384 g/mol. The van der Waals surface area contributed by atoms with Gasteiger partial charge in [-0.3, -0.25) is 0 Å². The first-order valence-corrected chi connectivity index (χ1v) is 8.55. The molecule has 144 valence electrons. The third-order valence-electron chi connectivity index (χ3n) is 4.29. The Morgan fingerprint density at radius 1 is 0.690 bits per heavy atom. The molecule has 3 rings (SSSR count). The molecule has 0 atom stereocenters. The molecule has 3 aromatic rings. The number of benzene rings is 3. The summed E-state index contributed by atoms with van der Waals surface area (Å²) in [6.07, 6.45) is 0. The number of methoxy groups -OCH3 is 5. The zero-order valence-corrected chi connectivity index (χ0v) is 17.5. The molecule has 0 aromatic heterocycles. The van der Waals surface area contributed by atoms with Crippen molar-refractivity contribution in [1.29, 1.82) is 0 Å². The molecule has 6 heteroatoms. The molecule has 5 nitrogen and oxygen atoms in total. The minimum atomic E-state index is 0. The van der Waals surface area contributed by atoms with Crippen LogP contribution < -0.4 is 42.5 Å². The summed E-state index contributed by atoms with van der Waals surface area (Å²) in [5.74, 6) is 8.81. The summed E-state index contributed by atoms with van der Waals surface area (Å²) >= 11 is 0. The maximum absolute atomic E-state index is 5.71. The molecule has 0 radical (unpaired) electrons. The van der Waals surface area contributed by atoms with Crippen molar-refractivity contribution in [3.05, 3.63) is 53.6 Å². The van der Waals surface area contributed by atoms with Crippen molar-refractivity contribution in [3.8, 4) is 40.6 Å². The Morgan fingerprint density at radius 2 is 1.34 bits per heavy atom. The Hall–Kier alpha value is -2.92. The number of hydrogen-bond donors (Lipinski definition) is 0. The normalized spacial score (nSPS) is 9.69. The van der Waals surface area contributed by atoms with Crippen LogP contribution in [0.4, 0.5) is 0 Å². The van der Waals surface area contributed by atoms with Crippen LogP contribution in [-0.4, -0.2) is 35.5 Å². The van der Waals surface area contributed by atoms with Gasteiger partial charge in [-0.2, -0.15) is 5.92 Å². The van der Waals surface area contributed by atoms with Gasteiger partial charge in [-0.15, -0.1) is 5.92 Å². The SMILES string of the molecule is COc1cc(OC)c2c(OC)[c-]c(C#Cc3ccccc3)c(OC)c2c1OC.[Li+]. The second-order valence-electron chi connectivity index (χ2n) is 5.75. The summed E-state index contributed by atoms with van der Waals surface area (Å²) in [4.78, 5) is 0. The van der Waals surface area contributed by atoms with Crippen molar-refractivity contribution < 1.29 is 42.5 Å². The largest absolute Gasteiger partial charge is 1.00 e. The van der Waals surface area contributed by atoms with Crippen molar-refractivity contribution in [1.82, 2.24) is 0 Å². The average Bonchev–Trinajstić information content (AvgIpc) is 2.76. The molecule has 0 bridgehead atoms. The molecule has 0 unspecified atom stereocenters. The molecule has 0 aliphatic carbocycles. The van der Waals surface area contributed by atoms with Crippen LogP contribution in [0.15, 0.2) is 36.4 Å². The van der Waals surface area contributed by atoms with Crippen LogP contribution in [0.2, 0.25) is 0 Å². The first-order valence-electron chi connectivity index (χ1n) is 8.55. The molecule has 0 heterocycles. The summed E-state index contributed by atoms with van der Waals surface area (Å²) in [7, 11) is 7.87. The van der Waals surface area contributed by atoms with Crippen molar-refractivity contribution in [3.63, 3.8) is 0 Å². The Balaban J connectivity index is 0.00000300. The molecule has 0 N–H and O–H groups in total. The summed E-state index contributed by atoms with van der Waals surface area (Å²) in [5, 5.41) is 1.32. The van der Waals surface area contributed by atoms with Crippen LogP contribution in [0.3, 0.4) is 0 Å². The van der Waals surface area contributed by atoms with E-state index in [1.54, 1.807) is 41.6 Å². The Kier molecular flexibility index (Phi) is 7.73. The van der Waals surface area contributed by atoms with Crippen molar-refractivity contribution >= 4 is 10.8 Å². The predicted octanol–water partition coefficient (Wildman–Crippen LogP) is 1.09. The van der Waals surface area contributed by atoms with Crippen molar-refractivity contribution in [2.45, 2.75) is 0 Å². The molecule has 3 aromatic carbocycles. The third kappa shape index (κ3) is 4.25. The van der Waals surface area contributed by atoms with Gasteiger partial charge in [0.05, 0.1) is 47.0 Å².